The van der Waals surface area contributed by atoms with Crippen LogP contribution in [0.2, 0.25) is 5.04 Å². The topological polar surface area (TPSA) is 60.5 Å². The second-order valence-electron chi connectivity index (χ2n) is 10.5. The molecule has 5 nitrogen and oxygen atoms in total. The quantitative estimate of drug-likeness (QED) is 0.282. The molecule has 7 heteroatoms. The predicted molar refractivity (Wildman–Crippen MR) is 156 cm³/mol. The van der Waals surface area contributed by atoms with Crippen molar-refractivity contribution in [2.75, 3.05) is 7.11 Å². The van der Waals surface area contributed by atoms with Crippen molar-refractivity contribution in [3.8, 4) is 5.75 Å². The molecule has 1 N–H and O–H groups in total. The Kier molecular flexibility index (Phi) is 8.62. The van der Waals surface area contributed by atoms with Gasteiger partial charge in [0.15, 0.2) is 0 Å². The molecule has 1 heterocycles. The minimum atomic E-state index is -2.86. The Morgan fingerprint density at radius 2 is 1.49 bits per heavy atom. The molecule has 1 aromatic heterocycles. The van der Waals surface area contributed by atoms with Crippen molar-refractivity contribution in [1.82, 2.24) is 10.3 Å². The zero-order chi connectivity index (χ0) is 28.0. The Hall–Kier alpha value is -3.81. The molecule has 0 aliphatic rings. The largest absolute Gasteiger partial charge is 0.494 e. The molecule has 0 bridgehead atoms. The number of rotatable bonds is 9. The van der Waals surface area contributed by atoms with Crippen molar-refractivity contribution in [1.29, 1.82) is 0 Å². The average molecular weight is 543 g/mol. The minimum Gasteiger partial charge on any atom is -0.494 e. The number of hydrogen-bond acceptors (Lipinski definition) is 4. The van der Waals surface area contributed by atoms with Crippen LogP contribution in [0.25, 0.3) is 0 Å². The number of carbonyl (C=O) groups is 1. The molecular weight excluding hydrogens is 507 g/mol. The highest BCUT2D eigenvalue weighted by molar-refractivity contribution is 6.99. The number of hydrogen-bond donors (Lipinski definition) is 1. The maximum Gasteiger partial charge on any atom is 0.261 e. The third kappa shape index (κ3) is 5.94. The number of aryl methyl sites for hydroxylation is 1. The van der Waals surface area contributed by atoms with Gasteiger partial charge in [-0.25, -0.2) is 4.39 Å². The van der Waals surface area contributed by atoms with Gasteiger partial charge in [0.25, 0.3) is 14.2 Å². The summed E-state index contributed by atoms with van der Waals surface area (Å²) in [5, 5.41) is 5.01. The SMILES string of the molecule is COc1c(C)ncc(C(=O)NCc2ccc(F)cc2)c1CO[Si](c1ccccc1)(c1ccccc1)C(C)(C)C. The van der Waals surface area contributed by atoms with Crippen LogP contribution in [0.15, 0.2) is 91.1 Å². The van der Waals surface area contributed by atoms with E-state index in [0.29, 0.717) is 22.6 Å². The molecule has 0 saturated carbocycles. The molecule has 0 atom stereocenters. The van der Waals surface area contributed by atoms with Crippen LogP contribution in [0.3, 0.4) is 0 Å². The number of aromatic nitrogens is 1. The van der Waals surface area contributed by atoms with E-state index in [4.69, 9.17) is 9.16 Å². The van der Waals surface area contributed by atoms with Crippen molar-refractivity contribution in [3.05, 3.63) is 119 Å². The molecule has 0 fully saturated rings. The standard InChI is InChI=1S/C32H35FN2O3Si/c1-23-30(37-5)29(28(21-34-23)31(36)35-20-24-16-18-25(33)19-17-24)22-38-39(32(2,3)4,26-12-8-6-9-13-26)27-14-10-7-11-15-27/h6-19,21H,20,22H2,1-5H3,(H,35,36). The fourth-order valence-corrected chi connectivity index (χ4v) is 9.59. The monoisotopic (exact) mass is 542 g/mol. The lowest BCUT2D eigenvalue weighted by atomic mass is 10.1. The van der Waals surface area contributed by atoms with Crippen LogP contribution < -0.4 is 20.4 Å². The number of nitrogens with one attached hydrogen (secondary N) is 1. The Balaban J connectivity index is 1.75. The molecule has 4 aromatic rings. The van der Waals surface area contributed by atoms with Crippen LogP contribution in [0.5, 0.6) is 5.75 Å². The highest BCUT2D eigenvalue weighted by Gasteiger charge is 2.50. The summed E-state index contributed by atoms with van der Waals surface area (Å²) in [5.41, 5.74) is 2.50. The summed E-state index contributed by atoms with van der Waals surface area (Å²) in [6, 6.07) is 26.8. The van der Waals surface area contributed by atoms with Gasteiger partial charge in [-0.2, -0.15) is 0 Å². The maximum absolute atomic E-state index is 13.4. The Bertz CT molecular complexity index is 1370. The lowest BCUT2D eigenvalue weighted by Gasteiger charge is -2.43. The molecule has 0 spiro atoms. The van der Waals surface area contributed by atoms with Gasteiger partial charge in [0.05, 0.1) is 25.0 Å². The van der Waals surface area contributed by atoms with Crippen molar-refractivity contribution in [2.24, 2.45) is 0 Å². The molecular formula is C32H35FN2O3Si. The predicted octanol–water partition coefficient (Wildman–Crippen LogP) is 5.54. The van der Waals surface area contributed by atoms with Gasteiger partial charge in [-0.15, -0.1) is 0 Å². The van der Waals surface area contributed by atoms with Gasteiger partial charge in [0.2, 0.25) is 0 Å². The molecule has 0 radical (unpaired) electrons. The van der Waals surface area contributed by atoms with Crippen molar-refractivity contribution in [2.45, 2.75) is 45.9 Å². The number of pyridine rings is 1. The summed E-state index contributed by atoms with van der Waals surface area (Å²) in [4.78, 5) is 17.8. The van der Waals surface area contributed by atoms with Crippen molar-refractivity contribution < 1.29 is 18.3 Å². The first kappa shape index (κ1) is 28.2. The summed E-state index contributed by atoms with van der Waals surface area (Å²) in [5.74, 6) is -0.0890. The molecule has 0 aliphatic heterocycles. The molecule has 202 valence electrons. The number of amides is 1. The van der Waals surface area contributed by atoms with Crippen LogP contribution in [0, 0.1) is 12.7 Å². The molecule has 0 saturated heterocycles. The van der Waals surface area contributed by atoms with Gasteiger partial charge < -0.3 is 14.5 Å². The van der Waals surface area contributed by atoms with E-state index in [2.05, 4.69) is 55.3 Å². The van der Waals surface area contributed by atoms with Crippen molar-refractivity contribution >= 4 is 24.6 Å². The smallest absolute Gasteiger partial charge is 0.261 e. The van der Waals surface area contributed by atoms with E-state index in [9.17, 15) is 9.18 Å². The third-order valence-electron chi connectivity index (χ3n) is 6.98. The second-order valence-corrected chi connectivity index (χ2v) is 14.8. The number of halogens is 1. The molecule has 4 rings (SSSR count). The molecule has 3 aromatic carbocycles. The van der Waals surface area contributed by atoms with Gasteiger partial charge in [-0.1, -0.05) is 93.6 Å². The molecule has 0 aliphatic carbocycles. The van der Waals surface area contributed by atoms with E-state index in [-0.39, 0.29) is 29.9 Å². The third-order valence-corrected chi connectivity index (χ3v) is 12.0. The van der Waals surface area contributed by atoms with Gasteiger partial charge in [0, 0.05) is 18.3 Å². The maximum atomic E-state index is 13.4. The Morgan fingerprint density at radius 1 is 0.923 bits per heavy atom. The number of benzene rings is 3. The zero-order valence-corrected chi connectivity index (χ0v) is 24.1. The van der Waals surface area contributed by atoms with Gasteiger partial charge in [-0.05, 0) is 40.0 Å². The van der Waals surface area contributed by atoms with Crippen LogP contribution in [0.1, 0.15) is 48.0 Å². The normalized spacial score (nSPS) is 11.7. The summed E-state index contributed by atoms with van der Waals surface area (Å²) < 4.78 is 26.2. The van der Waals surface area contributed by atoms with Gasteiger partial charge >= 0.3 is 0 Å². The first-order valence-electron chi connectivity index (χ1n) is 13.0. The molecule has 1 amide bonds. The van der Waals surface area contributed by atoms with E-state index < -0.39 is 8.32 Å². The van der Waals surface area contributed by atoms with E-state index in [1.54, 1.807) is 25.4 Å². The zero-order valence-electron chi connectivity index (χ0n) is 23.1. The van der Waals surface area contributed by atoms with Crippen molar-refractivity contribution in [3.63, 3.8) is 0 Å². The molecule has 0 unspecified atom stereocenters. The fraction of sp³-hybridized carbons (Fsp3) is 0.250. The summed E-state index contributed by atoms with van der Waals surface area (Å²) in [6.07, 6.45) is 1.57. The first-order chi connectivity index (χ1) is 18.7. The molecule has 39 heavy (non-hydrogen) atoms. The average Bonchev–Trinajstić information content (AvgIpc) is 2.93. The highest BCUT2D eigenvalue weighted by atomic mass is 28.4. The Labute approximate surface area is 231 Å². The summed E-state index contributed by atoms with van der Waals surface area (Å²) in [7, 11) is -1.28. The van der Waals surface area contributed by atoms with Crippen LogP contribution in [-0.4, -0.2) is 26.3 Å². The van der Waals surface area contributed by atoms with Gasteiger partial charge in [0.1, 0.15) is 11.6 Å². The highest BCUT2D eigenvalue weighted by Crippen LogP contribution is 2.38. The van der Waals surface area contributed by atoms with Gasteiger partial charge in [-0.3, -0.25) is 9.78 Å². The fourth-order valence-electron chi connectivity index (χ4n) is 5.07. The van der Waals surface area contributed by atoms with E-state index in [0.717, 1.165) is 15.9 Å². The number of carbonyl (C=O) groups excluding carboxylic acids is 1. The summed E-state index contributed by atoms with van der Waals surface area (Å²) in [6.45, 7) is 8.91. The van der Waals surface area contributed by atoms with E-state index in [1.165, 1.54) is 12.1 Å². The minimum absolute atomic E-state index is 0.166. The summed E-state index contributed by atoms with van der Waals surface area (Å²) >= 11 is 0. The van der Waals surface area contributed by atoms with E-state index >= 15 is 0 Å². The lowest BCUT2D eigenvalue weighted by Crippen LogP contribution is -2.66. The van der Waals surface area contributed by atoms with Crippen LogP contribution >= 0.6 is 0 Å². The number of methoxy groups -OCH3 is 1. The van der Waals surface area contributed by atoms with Crippen LogP contribution in [-0.2, 0) is 17.6 Å². The number of ether oxygens (including phenoxy) is 1. The van der Waals surface area contributed by atoms with Crippen LogP contribution in [0.4, 0.5) is 4.39 Å². The lowest BCUT2D eigenvalue weighted by molar-refractivity contribution is 0.0947. The Morgan fingerprint density at radius 3 is 2.00 bits per heavy atom. The number of nitrogens with zero attached hydrogens (tertiary/aromatic N) is 1. The second kappa shape index (κ2) is 11.9. The first-order valence-corrected chi connectivity index (χ1v) is 14.9. The van der Waals surface area contributed by atoms with E-state index in [1.807, 2.05) is 43.3 Å².